The standard InChI is InChI=1S/C7H14N2O.CH3Cl/c1-4-9-7(10)5(2)6(3)8;1-2/h4,8H2,1-3H3,(H,9,10);1H3/b6-5-;. The van der Waals surface area contributed by atoms with Crippen LogP contribution >= 0.6 is 11.6 Å². The molecule has 0 saturated carbocycles. The number of likely N-dealkylation sites (N-methyl/N-ethyl adjacent to an activating group) is 1. The summed E-state index contributed by atoms with van der Waals surface area (Å²) in [5, 5.41) is 2.65. The summed E-state index contributed by atoms with van der Waals surface area (Å²) in [6.45, 7) is 5.94. The maximum Gasteiger partial charge on any atom is 0.248 e. The van der Waals surface area contributed by atoms with Gasteiger partial charge in [0.05, 0.1) is 0 Å². The van der Waals surface area contributed by atoms with E-state index in [0.29, 0.717) is 17.8 Å². The molecule has 0 heterocycles. The Hall–Kier alpha value is -0.700. The molecule has 0 aromatic heterocycles. The first-order valence-electron chi connectivity index (χ1n) is 3.68. The molecular formula is C8H17ClN2O. The summed E-state index contributed by atoms with van der Waals surface area (Å²) in [4.78, 5) is 10.9. The highest BCUT2D eigenvalue weighted by Crippen LogP contribution is 1.95. The number of alkyl halides is 1. The largest absolute Gasteiger partial charge is 0.402 e. The van der Waals surface area contributed by atoms with Gasteiger partial charge >= 0.3 is 0 Å². The topological polar surface area (TPSA) is 55.1 Å². The summed E-state index contributed by atoms with van der Waals surface area (Å²) < 4.78 is 0. The highest BCUT2D eigenvalue weighted by molar-refractivity contribution is 6.15. The molecule has 0 radical (unpaired) electrons. The van der Waals surface area contributed by atoms with Crippen LogP contribution in [0.15, 0.2) is 11.3 Å². The predicted molar refractivity (Wildman–Crippen MR) is 53.0 cm³/mol. The molecule has 0 unspecified atom stereocenters. The molecular weight excluding hydrogens is 176 g/mol. The predicted octanol–water partition coefficient (Wildman–Crippen LogP) is 1.23. The number of halogens is 1. The van der Waals surface area contributed by atoms with E-state index in [4.69, 9.17) is 5.73 Å². The van der Waals surface area contributed by atoms with Crippen molar-refractivity contribution < 1.29 is 4.79 Å². The maximum atomic E-state index is 10.9. The normalized spacial score (nSPS) is 10.8. The van der Waals surface area contributed by atoms with Crippen LogP contribution in [0.2, 0.25) is 0 Å². The average Bonchev–Trinajstić information content (AvgIpc) is 2.07. The van der Waals surface area contributed by atoms with Gasteiger partial charge in [0, 0.05) is 24.2 Å². The number of hydrogen-bond acceptors (Lipinski definition) is 2. The van der Waals surface area contributed by atoms with Gasteiger partial charge in [-0.3, -0.25) is 4.79 Å². The lowest BCUT2D eigenvalue weighted by atomic mass is 10.2. The van der Waals surface area contributed by atoms with Gasteiger partial charge in [-0.2, -0.15) is 0 Å². The number of amides is 1. The minimum atomic E-state index is -0.0810. The number of hydrogen-bond donors (Lipinski definition) is 2. The number of nitrogens with one attached hydrogen (secondary N) is 1. The molecule has 0 bridgehead atoms. The van der Waals surface area contributed by atoms with Crippen molar-refractivity contribution in [1.82, 2.24) is 5.32 Å². The van der Waals surface area contributed by atoms with Crippen LogP contribution in [0.3, 0.4) is 0 Å². The van der Waals surface area contributed by atoms with Crippen molar-refractivity contribution in [3.63, 3.8) is 0 Å². The van der Waals surface area contributed by atoms with Crippen molar-refractivity contribution in [3.05, 3.63) is 11.3 Å². The number of carbonyl (C=O) groups excluding carboxylic acids is 1. The lowest BCUT2D eigenvalue weighted by molar-refractivity contribution is -0.117. The number of nitrogens with two attached hydrogens (primary N) is 1. The molecule has 0 fully saturated rings. The first-order chi connectivity index (χ1) is 5.59. The number of carbonyl (C=O) groups is 1. The molecule has 0 spiro atoms. The molecule has 0 aliphatic rings. The van der Waals surface area contributed by atoms with Gasteiger partial charge in [0.25, 0.3) is 0 Å². The highest BCUT2D eigenvalue weighted by atomic mass is 35.5. The van der Waals surface area contributed by atoms with Gasteiger partial charge in [-0.1, -0.05) is 0 Å². The zero-order valence-electron chi connectivity index (χ0n) is 8.07. The fourth-order valence-corrected chi connectivity index (χ4v) is 0.472. The van der Waals surface area contributed by atoms with E-state index in [0.717, 1.165) is 0 Å². The molecule has 0 aliphatic carbocycles. The summed E-state index contributed by atoms with van der Waals surface area (Å²) in [6, 6.07) is 0. The number of allylic oxidation sites excluding steroid dienone is 1. The molecule has 0 aromatic carbocycles. The lowest BCUT2D eigenvalue weighted by Gasteiger charge is -2.02. The molecule has 3 nitrogen and oxygen atoms in total. The van der Waals surface area contributed by atoms with Crippen LogP contribution in [-0.2, 0) is 4.79 Å². The highest BCUT2D eigenvalue weighted by Gasteiger charge is 2.02. The molecule has 4 heteroatoms. The van der Waals surface area contributed by atoms with Crippen LogP contribution in [0.25, 0.3) is 0 Å². The van der Waals surface area contributed by atoms with E-state index in [1.54, 1.807) is 13.8 Å². The number of rotatable bonds is 2. The fourth-order valence-electron chi connectivity index (χ4n) is 0.472. The van der Waals surface area contributed by atoms with Crippen LogP contribution < -0.4 is 11.1 Å². The van der Waals surface area contributed by atoms with Gasteiger partial charge in [0.2, 0.25) is 5.91 Å². The summed E-state index contributed by atoms with van der Waals surface area (Å²) in [5.74, 6) is -0.0810. The molecule has 3 N–H and O–H groups in total. The van der Waals surface area contributed by atoms with Crippen molar-refractivity contribution in [2.45, 2.75) is 20.8 Å². The molecule has 0 saturated heterocycles. The average molecular weight is 193 g/mol. The van der Waals surface area contributed by atoms with Crippen molar-refractivity contribution in [2.75, 3.05) is 12.9 Å². The van der Waals surface area contributed by atoms with E-state index in [-0.39, 0.29) is 5.91 Å². The van der Waals surface area contributed by atoms with Gasteiger partial charge in [0.15, 0.2) is 0 Å². The van der Waals surface area contributed by atoms with Crippen LogP contribution in [0, 0.1) is 0 Å². The van der Waals surface area contributed by atoms with Crippen LogP contribution in [0.5, 0.6) is 0 Å². The lowest BCUT2D eigenvalue weighted by Crippen LogP contribution is -2.25. The Kier molecular flexibility index (Phi) is 9.70. The second-order valence-corrected chi connectivity index (χ2v) is 2.17. The van der Waals surface area contributed by atoms with Gasteiger partial charge < -0.3 is 11.1 Å². The maximum absolute atomic E-state index is 10.9. The van der Waals surface area contributed by atoms with E-state index in [9.17, 15) is 4.79 Å². The van der Waals surface area contributed by atoms with Crippen molar-refractivity contribution in [3.8, 4) is 0 Å². The van der Waals surface area contributed by atoms with E-state index in [1.165, 1.54) is 6.38 Å². The summed E-state index contributed by atoms with van der Waals surface area (Å²) in [7, 11) is 0. The van der Waals surface area contributed by atoms with Gasteiger partial charge in [-0.15, -0.1) is 11.6 Å². The smallest absolute Gasteiger partial charge is 0.248 e. The van der Waals surface area contributed by atoms with Gasteiger partial charge in [-0.05, 0) is 20.8 Å². The Balaban J connectivity index is 0. The van der Waals surface area contributed by atoms with Gasteiger partial charge in [0.1, 0.15) is 0 Å². The summed E-state index contributed by atoms with van der Waals surface area (Å²) >= 11 is 4.64. The zero-order chi connectivity index (χ0) is 10.1. The van der Waals surface area contributed by atoms with Crippen molar-refractivity contribution >= 4 is 17.5 Å². The molecule has 72 valence electrons. The minimum Gasteiger partial charge on any atom is -0.402 e. The van der Waals surface area contributed by atoms with Gasteiger partial charge in [-0.25, -0.2) is 0 Å². The van der Waals surface area contributed by atoms with Crippen molar-refractivity contribution in [1.29, 1.82) is 0 Å². The first-order valence-corrected chi connectivity index (χ1v) is 4.44. The quantitative estimate of drug-likeness (QED) is 0.511. The zero-order valence-corrected chi connectivity index (χ0v) is 8.83. The Morgan fingerprint density at radius 1 is 1.42 bits per heavy atom. The molecule has 1 amide bonds. The molecule has 0 aliphatic heterocycles. The first kappa shape index (κ1) is 13.9. The van der Waals surface area contributed by atoms with E-state index in [1.807, 2.05) is 6.92 Å². The third kappa shape index (κ3) is 6.04. The Bertz CT molecular complexity index is 162. The van der Waals surface area contributed by atoms with Crippen LogP contribution in [-0.4, -0.2) is 18.8 Å². The molecule has 0 aromatic rings. The Morgan fingerprint density at radius 2 is 1.83 bits per heavy atom. The fraction of sp³-hybridized carbons (Fsp3) is 0.625. The van der Waals surface area contributed by atoms with Crippen LogP contribution in [0.1, 0.15) is 20.8 Å². The van der Waals surface area contributed by atoms with E-state index in [2.05, 4.69) is 16.9 Å². The van der Waals surface area contributed by atoms with Crippen LogP contribution in [0.4, 0.5) is 0 Å². The molecule has 0 atom stereocenters. The Labute approximate surface area is 79.0 Å². The Morgan fingerprint density at radius 3 is 2.08 bits per heavy atom. The summed E-state index contributed by atoms with van der Waals surface area (Å²) in [5.41, 5.74) is 6.56. The van der Waals surface area contributed by atoms with Crippen molar-refractivity contribution in [2.24, 2.45) is 5.73 Å². The second kappa shape index (κ2) is 8.40. The second-order valence-electron chi connectivity index (χ2n) is 2.17. The third-order valence-electron chi connectivity index (χ3n) is 1.27. The van der Waals surface area contributed by atoms with E-state index < -0.39 is 0 Å². The minimum absolute atomic E-state index is 0.0810. The SMILES string of the molecule is CCNC(=O)/C(C)=C(/C)N.CCl. The third-order valence-corrected chi connectivity index (χ3v) is 1.27. The molecule has 12 heavy (non-hydrogen) atoms. The summed E-state index contributed by atoms with van der Waals surface area (Å²) in [6.07, 6.45) is 1.47. The van der Waals surface area contributed by atoms with E-state index >= 15 is 0 Å². The molecule has 0 rings (SSSR count). The monoisotopic (exact) mass is 192 g/mol.